The average Bonchev–Trinajstić information content (AvgIpc) is 2.38. The standard InChI is InChI=1S/C15H17BrN2O/c1-4-7-19-14-6-5-13(16)8-12(14)9-18-11-15(2,3)10-17/h1,5-6,8,18H,7,9,11H2,2-3H3. The van der Waals surface area contributed by atoms with E-state index in [1.54, 1.807) is 0 Å². The van der Waals surface area contributed by atoms with Gasteiger partial charge in [0.15, 0.2) is 0 Å². The highest BCUT2D eigenvalue weighted by molar-refractivity contribution is 9.10. The third-order valence-corrected chi connectivity index (χ3v) is 3.01. The van der Waals surface area contributed by atoms with Gasteiger partial charge in [0.05, 0.1) is 11.5 Å². The quantitative estimate of drug-likeness (QED) is 0.819. The number of halogens is 1. The van der Waals surface area contributed by atoms with E-state index in [1.807, 2.05) is 32.0 Å². The summed E-state index contributed by atoms with van der Waals surface area (Å²) < 4.78 is 6.47. The number of ether oxygens (including phenoxy) is 1. The first kappa shape index (κ1) is 15.6. The van der Waals surface area contributed by atoms with Gasteiger partial charge in [-0.1, -0.05) is 21.9 Å². The normalized spacial score (nSPS) is 10.6. The fourth-order valence-electron chi connectivity index (χ4n) is 1.50. The lowest BCUT2D eigenvalue weighted by Gasteiger charge is -2.17. The lowest BCUT2D eigenvalue weighted by atomic mass is 9.96. The van der Waals surface area contributed by atoms with Crippen molar-refractivity contribution in [3.63, 3.8) is 0 Å². The highest BCUT2D eigenvalue weighted by Gasteiger charge is 2.16. The topological polar surface area (TPSA) is 45.0 Å². The van der Waals surface area contributed by atoms with Gasteiger partial charge in [0.2, 0.25) is 0 Å². The zero-order chi connectivity index (χ0) is 14.3. The molecule has 1 aromatic rings. The van der Waals surface area contributed by atoms with E-state index >= 15 is 0 Å². The van der Waals surface area contributed by atoms with Crippen molar-refractivity contribution in [2.75, 3.05) is 13.2 Å². The van der Waals surface area contributed by atoms with Gasteiger partial charge in [-0.3, -0.25) is 0 Å². The predicted octanol–water partition coefficient (Wildman–Crippen LogP) is 3.10. The molecule has 0 heterocycles. The molecule has 0 saturated heterocycles. The molecule has 1 N–H and O–H groups in total. The number of benzene rings is 1. The number of nitriles is 1. The summed E-state index contributed by atoms with van der Waals surface area (Å²) in [5, 5.41) is 12.2. The van der Waals surface area contributed by atoms with Crippen LogP contribution in [-0.2, 0) is 6.54 Å². The minimum atomic E-state index is -0.383. The van der Waals surface area contributed by atoms with Crippen LogP contribution in [0.5, 0.6) is 5.75 Å². The van der Waals surface area contributed by atoms with Crippen LogP contribution in [0.4, 0.5) is 0 Å². The minimum absolute atomic E-state index is 0.248. The Balaban J connectivity index is 2.69. The molecule has 0 atom stereocenters. The van der Waals surface area contributed by atoms with Crippen LogP contribution in [0.25, 0.3) is 0 Å². The predicted molar refractivity (Wildman–Crippen MR) is 79.6 cm³/mol. The molecule has 4 heteroatoms. The van der Waals surface area contributed by atoms with E-state index in [-0.39, 0.29) is 12.0 Å². The number of hydrogen-bond acceptors (Lipinski definition) is 3. The van der Waals surface area contributed by atoms with E-state index in [4.69, 9.17) is 16.4 Å². The number of nitrogens with zero attached hydrogens (tertiary/aromatic N) is 1. The summed E-state index contributed by atoms with van der Waals surface area (Å²) in [6.45, 7) is 5.29. The third-order valence-electron chi connectivity index (χ3n) is 2.52. The summed E-state index contributed by atoms with van der Waals surface area (Å²) >= 11 is 3.43. The first-order chi connectivity index (χ1) is 8.98. The molecule has 0 unspecified atom stereocenters. The highest BCUT2D eigenvalue weighted by Crippen LogP contribution is 2.23. The summed E-state index contributed by atoms with van der Waals surface area (Å²) in [4.78, 5) is 0. The minimum Gasteiger partial charge on any atom is -0.481 e. The Labute approximate surface area is 123 Å². The number of hydrogen-bond donors (Lipinski definition) is 1. The Morgan fingerprint density at radius 2 is 2.21 bits per heavy atom. The summed E-state index contributed by atoms with van der Waals surface area (Å²) in [7, 11) is 0. The largest absolute Gasteiger partial charge is 0.481 e. The van der Waals surface area contributed by atoms with Gasteiger partial charge in [-0.2, -0.15) is 5.26 Å². The SMILES string of the molecule is C#CCOc1ccc(Br)cc1CNCC(C)(C)C#N. The van der Waals surface area contributed by atoms with Gasteiger partial charge in [-0.05, 0) is 32.0 Å². The number of rotatable bonds is 6. The molecule has 100 valence electrons. The monoisotopic (exact) mass is 320 g/mol. The molecule has 0 radical (unpaired) electrons. The van der Waals surface area contributed by atoms with Gasteiger partial charge < -0.3 is 10.1 Å². The average molecular weight is 321 g/mol. The van der Waals surface area contributed by atoms with E-state index in [9.17, 15) is 0 Å². The molecule has 0 amide bonds. The van der Waals surface area contributed by atoms with Gasteiger partial charge in [0.1, 0.15) is 12.4 Å². The molecule has 19 heavy (non-hydrogen) atoms. The van der Waals surface area contributed by atoms with E-state index in [2.05, 4.69) is 33.2 Å². The zero-order valence-corrected chi connectivity index (χ0v) is 12.8. The Bertz CT molecular complexity index is 512. The first-order valence-electron chi connectivity index (χ1n) is 5.95. The van der Waals surface area contributed by atoms with Crippen LogP contribution < -0.4 is 10.1 Å². The van der Waals surface area contributed by atoms with Gasteiger partial charge in [0.25, 0.3) is 0 Å². The molecule has 0 bridgehead atoms. The maximum absolute atomic E-state index is 8.96. The third kappa shape index (κ3) is 5.34. The van der Waals surface area contributed by atoms with Crippen LogP contribution >= 0.6 is 15.9 Å². The van der Waals surface area contributed by atoms with Crippen molar-refractivity contribution in [1.82, 2.24) is 5.32 Å². The second-order valence-electron chi connectivity index (χ2n) is 4.84. The molecule has 1 aromatic carbocycles. The Kier molecular flexibility index (Phi) is 5.89. The van der Waals surface area contributed by atoms with Crippen molar-refractivity contribution >= 4 is 15.9 Å². The van der Waals surface area contributed by atoms with Gasteiger partial charge in [0, 0.05) is 23.1 Å². The van der Waals surface area contributed by atoms with Crippen molar-refractivity contribution in [2.24, 2.45) is 5.41 Å². The lowest BCUT2D eigenvalue weighted by molar-refractivity contribution is 0.362. The van der Waals surface area contributed by atoms with E-state index in [0.29, 0.717) is 13.1 Å². The smallest absolute Gasteiger partial charge is 0.148 e. The summed E-state index contributed by atoms with van der Waals surface area (Å²) in [6.07, 6.45) is 5.20. The van der Waals surface area contributed by atoms with Crippen LogP contribution in [0.3, 0.4) is 0 Å². The van der Waals surface area contributed by atoms with Crippen molar-refractivity contribution in [3.05, 3.63) is 28.2 Å². The maximum atomic E-state index is 8.96. The van der Waals surface area contributed by atoms with Crippen LogP contribution in [0.1, 0.15) is 19.4 Å². The molecule has 0 aliphatic carbocycles. The highest BCUT2D eigenvalue weighted by atomic mass is 79.9. The molecule has 3 nitrogen and oxygen atoms in total. The van der Waals surface area contributed by atoms with Gasteiger partial charge >= 0.3 is 0 Å². The fraction of sp³-hybridized carbons (Fsp3) is 0.400. The van der Waals surface area contributed by atoms with Crippen molar-refractivity contribution in [2.45, 2.75) is 20.4 Å². The number of terminal acetylenes is 1. The van der Waals surface area contributed by atoms with Crippen LogP contribution in [0.15, 0.2) is 22.7 Å². The summed E-state index contributed by atoms with van der Waals surface area (Å²) in [6, 6.07) is 8.04. The lowest BCUT2D eigenvalue weighted by Crippen LogP contribution is -2.27. The second-order valence-corrected chi connectivity index (χ2v) is 5.76. The van der Waals surface area contributed by atoms with Gasteiger partial charge in [-0.15, -0.1) is 6.42 Å². The molecule has 0 spiro atoms. The van der Waals surface area contributed by atoms with Crippen LogP contribution in [0.2, 0.25) is 0 Å². The fourth-order valence-corrected chi connectivity index (χ4v) is 1.90. The van der Waals surface area contributed by atoms with Crippen molar-refractivity contribution in [3.8, 4) is 24.2 Å². The molecule has 0 aliphatic rings. The molecule has 0 fully saturated rings. The van der Waals surface area contributed by atoms with Gasteiger partial charge in [-0.25, -0.2) is 0 Å². The Hall–Kier alpha value is -1.49. The zero-order valence-electron chi connectivity index (χ0n) is 11.2. The van der Waals surface area contributed by atoms with Crippen LogP contribution in [-0.4, -0.2) is 13.2 Å². The van der Waals surface area contributed by atoms with Crippen molar-refractivity contribution < 1.29 is 4.74 Å². The first-order valence-corrected chi connectivity index (χ1v) is 6.74. The van der Waals surface area contributed by atoms with Crippen LogP contribution in [0, 0.1) is 29.1 Å². The Morgan fingerprint density at radius 1 is 1.47 bits per heavy atom. The van der Waals surface area contributed by atoms with E-state index < -0.39 is 0 Å². The van der Waals surface area contributed by atoms with E-state index in [0.717, 1.165) is 15.8 Å². The summed E-state index contributed by atoms with van der Waals surface area (Å²) in [5.41, 5.74) is 0.629. The second kappa shape index (κ2) is 7.19. The Morgan fingerprint density at radius 3 is 2.84 bits per heavy atom. The van der Waals surface area contributed by atoms with Crippen molar-refractivity contribution in [1.29, 1.82) is 5.26 Å². The molecular formula is C15H17BrN2O. The van der Waals surface area contributed by atoms with E-state index in [1.165, 1.54) is 0 Å². The molecular weight excluding hydrogens is 304 g/mol. The molecule has 0 saturated carbocycles. The maximum Gasteiger partial charge on any atom is 0.148 e. The molecule has 0 aromatic heterocycles. The number of nitrogens with one attached hydrogen (secondary N) is 1. The molecule has 0 aliphatic heterocycles. The summed E-state index contributed by atoms with van der Waals surface area (Å²) in [5.74, 6) is 3.22. The molecule has 1 rings (SSSR count).